The van der Waals surface area contributed by atoms with Gasteiger partial charge in [-0.3, -0.25) is 9.69 Å². The fraction of sp³-hybridized carbons (Fsp3) is 0.933. The van der Waals surface area contributed by atoms with Gasteiger partial charge in [0, 0.05) is 64.8 Å². The van der Waals surface area contributed by atoms with Crippen molar-refractivity contribution in [3.63, 3.8) is 0 Å². The van der Waals surface area contributed by atoms with Gasteiger partial charge in [0.05, 0.1) is 13.2 Å². The maximum Gasteiger partial charge on any atom is 0.222 e. The molecule has 3 rings (SSSR count). The summed E-state index contributed by atoms with van der Waals surface area (Å²) in [6.45, 7) is 11.0. The summed E-state index contributed by atoms with van der Waals surface area (Å²) in [5.74, 6) is 0.303. The van der Waals surface area contributed by atoms with E-state index in [4.69, 9.17) is 4.74 Å². The number of carbonyl (C=O) groups excluding carboxylic acids is 1. The molecule has 0 saturated carbocycles. The number of morpholine rings is 1. The minimum absolute atomic E-state index is 0.303. The Bertz CT molecular complexity index is 335. The van der Waals surface area contributed by atoms with Crippen molar-refractivity contribution in [1.29, 1.82) is 0 Å². The van der Waals surface area contributed by atoms with Gasteiger partial charge in [-0.05, 0) is 13.0 Å². The van der Waals surface area contributed by atoms with Crippen LogP contribution in [0.25, 0.3) is 0 Å². The largest absolute Gasteiger partial charge is 0.378 e. The molecule has 0 spiro atoms. The Hall–Kier alpha value is -0.690. The first-order valence-corrected chi connectivity index (χ1v) is 8.35. The fourth-order valence-electron chi connectivity index (χ4n) is 3.43. The van der Waals surface area contributed by atoms with Crippen LogP contribution in [0, 0.1) is 0 Å². The number of piperazine rings is 1. The van der Waals surface area contributed by atoms with Crippen molar-refractivity contribution in [3.05, 3.63) is 0 Å². The third kappa shape index (κ3) is 4.16. The third-order valence-corrected chi connectivity index (χ3v) is 4.83. The molecule has 1 amide bonds. The van der Waals surface area contributed by atoms with Gasteiger partial charge in [0.25, 0.3) is 0 Å². The smallest absolute Gasteiger partial charge is 0.222 e. The summed E-state index contributed by atoms with van der Waals surface area (Å²) in [5.41, 5.74) is 0. The van der Waals surface area contributed by atoms with Crippen LogP contribution in [0.5, 0.6) is 0 Å². The van der Waals surface area contributed by atoms with Gasteiger partial charge in [0.15, 0.2) is 0 Å². The molecule has 3 saturated heterocycles. The van der Waals surface area contributed by atoms with Gasteiger partial charge < -0.3 is 19.9 Å². The topological polar surface area (TPSA) is 48.1 Å². The highest BCUT2D eigenvalue weighted by Gasteiger charge is 2.31. The molecule has 0 aliphatic carbocycles. The van der Waals surface area contributed by atoms with E-state index in [2.05, 4.69) is 15.1 Å². The number of amides is 1. The van der Waals surface area contributed by atoms with E-state index in [0.717, 1.165) is 45.2 Å². The summed E-state index contributed by atoms with van der Waals surface area (Å²) >= 11 is 0. The lowest BCUT2D eigenvalue weighted by Gasteiger charge is -2.47. The van der Waals surface area contributed by atoms with E-state index >= 15 is 0 Å². The van der Waals surface area contributed by atoms with Crippen LogP contribution < -0.4 is 5.32 Å². The molecule has 3 aliphatic heterocycles. The number of rotatable bonds is 5. The Morgan fingerprint density at radius 1 is 1.10 bits per heavy atom. The van der Waals surface area contributed by atoms with Crippen LogP contribution in [0.4, 0.5) is 0 Å². The van der Waals surface area contributed by atoms with E-state index in [0.29, 0.717) is 25.5 Å². The van der Waals surface area contributed by atoms with Crippen LogP contribution in [-0.4, -0.2) is 98.8 Å². The molecule has 0 aromatic heterocycles. The number of ether oxygens (including phenoxy) is 1. The maximum absolute atomic E-state index is 12.0. The number of hydrogen-bond donors (Lipinski definition) is 1. The third-order valence-electron chi connectivity index (χ3n) is 4.83. The van der Waals surface area contributed by atoms with E-state index in [1.54, 1.807) is 0 Å². The van der Waals surface area contributed by atoms with Gasteiger partial charge in [-0.1, -0.05) is 0 Å². The minimum atomic E-state index is 0.303. The van der Waals surface area contributed by atoms with Gasteiger partial charge in [-0.15, -0.1) is 0 Å². The maximum atomic E-state index is 12.0. The highest BCUT2D eigenvalue weighted by atomic mass is 16.5. The Kier molecular flexibility index (Phi) is 5.46. The number of nitrogens with zero attached hydrogens (tertiary/aromatic N) is 3. The Balaban J connectivity index is 1.26. The lowest BCUT2D eigenvalue weighted by molar-refractivity contribution is -0.135. The highest BCUT2D eigenvalue weighted by Crippen LogP contribution is 2.16. The molecule has 3 heterocycles. The average Bonchev–Trinajstić information content (AvgIpc) is 2.51. The zero-order valence-corrected chi connectivity index (χ0v) is 12.9. The number of nitrogens with one attached hydrogen (secondary N) is 1. The van der Waals surface area contributed by atoms with E-state index in [9.17, 15) is 4.79 Å². The van der Waals surface area contributed by atoms with Gasteiger partial charge in [-0.2, -0.15) is 0 Å². The standard InChI is InChI=1S/C15H28N4O2/c20-15(19-8-10-21-11-9-19)2-1-5-17-12-14(13-17)18-6-3-16-4-7-18/h14,16H,1-13H2. The van der Waals surface area contributed by atoms with Crippen LogP contribution in [0.15, 0.2) is 0 Å². The molecule has 0 unspecified atom stereocenters. The molecule has 0 radical (unpaired) electrons. The number of carbonyl (C=O) groups is 1. The molecule has 0 aromatic carbocycles. The summed E-state index contributed by atoms with van der Waals surface area (Å²) < 4.78 is 5.28. The van der Waals surface area contributed by atoms with E-state index in [1.165, 1.54) is 26.2 Å². The molecule has 3 fully saturated rings. The second-order valence-corrected chi connectivity index (χ2v) is 6.30. The van der Waals surface area contributed by atoms with Crippen molar-refractivity contribution in [1.82, 2.24) is 20.0 Å². The molecule has 21 heavy (non-hydrogen) atoms. The van der Waals surface area contributed by atoms with Gasteiger partial charge in [0.2, 0.25) is 5.91 Å². The van der Waals surface area contributed by atoms with Crippen molar-refractivity contribution in [2.24, 2.45) is 0 Å². The quantitative estimate of drug-likeness (QED) is 0.721. The summed E-state index contributed by atoms with van der Waals surface area (Å²) in [6, 6.07) is 0.752. The van der Waals surface area contributed by atoms with Crippen LogP contribution in [0.3, 0.4) is 0 Å². The molecule has 0 atom stereocenters. The first-order valence-electron chi connectivity index (χ1n) is 8.35. The molecule has 0 aromatic rings. The van der Waals surface area contributed by atoms with Gasteiger partial charge in [-0.25, -0.2) is 0 Å². The first kappa shape index (κ1) is 15.2. The van der Waals surface area contributed by atoms with E-state index in [-0.39, 0.29) is 0 Å². The predicted octanol–water partition coefficient (Wildman–Crippen LogP) is -0.785. The minimum Gasteiger partial charge on any atom is -0.378 e. The lowest BCUT2D eigenvalue weighted by Crippen LogP contribution is -2.62. The summed E-state index contributed by atoms with van der Waals surface area (Å²) in [4.78, 5) is 19.1. The first-order chi connectivity index (χ1) is 10.3. The Morgan fingerprint density at radius 2 is 1.81 bits per heavy atom. The molecule has 3 aliphatic rings. The normalized spacial score (nSPS) is 25.8. The highest BCUT2D eigenvalue weighted by molar-refractivity contribution is 5.76. The summed E-state index contributed by atoms with van der Waals surface area (Å²) in [7, 11) is 0. The zero-order valence-electron chi connectivity index (χ0n) is 12.9. The van der Waals surface area contributed by atoms with E-state index in [1.807, 2.05) is 4.90 Å². The summed E-state index contributed by atoms with van der Waals surface area (Å²) in [6.07, 6.45) is 1.68. The lowest BCUT2D eigenvalue weighted by atomic mass is 10.1. The summed E-state index contributed by atoms with van der Waals surface area (Å²) in [5, 5.41) is 3.40. The van der Waals surface area contributed by atoms with Crippen molar-refractivity contribution in [2.75, 3.05) is 72.1 Å². The van der Waals surface area contributed by atoms with Crippen molar-refractivity contribution < 1.29 is 9.53 Å². The second kappa shape index (κ2) is 7.54. The van der Waals surface area contributed by atoms with Crippen molar-refractivity contribution in [3.8, 4) is 0 Å². The Morgan fingerprint density at radius 3 is 2.52 bits per heavy atom. The van der Waals surface area contributed by atoms with Crippen LogP contribution in [0.2, 0.25) is 0 Å². The molecular formula is C15H28N4O2. The molecular weight excluding hydrogens is 268 g/mol. The second-order valence-electron chi connectivity index (χ2n) is 6.30. The SMILES string of the molecule is O=C(CCCN1CC(N2CCNCC2)C1)N1CCOCC1. The monoisotopic (exact) mass is 296 g/mol. The van der Waals surface area contributed by atoms with Gasteiger partial charge in [0.1, 0.15) is 0 Å². The molecule has 6 nitrogen and oxygen atoms in total. The Labute approximate surface area is 127 Å². The van der Waals surface area contributed by atoms with Crippen LogP contribution >= 0.6 is 0 Å². The van der Waals surface area contributed by atoms with Gasteiger partial charge >= 0.3 is 0 Å². The number of hydrogen-bond acceptors (Lipinski definition) is 5. The van der Waals surface area contributed by atoms with Crippen molar-refractivity contribution >= 4 is 5.91 Å². The molecule has 0 bridgehead atoms. The van der Waals surface area contributed by atoms with Crippen molar-refractivity contribution in [2.45, 2.75) is 18.9 Å². The van der Waals surface area contributed by atoms with Crippen LogP contribution in [-0.2, 0) is 9.53 Å². The van der Waals surface area contributed by atoms with Crippen LogP contribution in [0.1, 0.15) is 12.8 Å². The number of likely N-dealkylation sites (tertiary alicyclic amines) is 1. The fourth-order valence-corrected chi connectivity index (χ4v) is 3.43. The average molecular weight is 296 g/mol. The zero-order chi connectivity index (χ0) is 14.5. The molecule has 6 heteroatoms. The van der Waals surface area contributed by atoms with E-state index < -0.39 is 0 Å². The predicted molar refractivity (Wildman–Crippen MR) is 81.3 cm³/mol. The molecule has 120 valence electrons. The molecule has 1 N–H and O–H groups in total.